The van der Waals surface area contributed by atoms with E-state index in [2.05, 4.69) is 16.8 Å². The first-order valence-electron chi connectivity index (χ1n) is 6.57. The number of benzene rings is 1. The van der Waals surface area contributed by atoms with Gasteiger partial charge in [0.25, 0.3) is 0 Å². The van der Waals surface area contributed by atoms with Crippen molar-refractivity contribution in [3.05, 3.63) is 29.6 Å². The lowest BCUT2D eigenvalue weighted by atomic mass is 10.1. The van der Waals surface area contributed by atoms with E-state index in [0.29, 0.717) is 5.69 Å². The molecule has 0 bridgehead atoms. The third kappa shape index (κ3) is 2.82. The molecule has 1 aromatic rings. The Morgan fingerprint density at radius 1 is 1.22 bits per heavy atom. The second-order valence-corrected chi connectivity index (χ2v) is 5.11. The molecule has 3 nitrogen and oxygen atoms in total. The molecule has 0 unspecified atom stereocenters. The van der Waals surface area contributed by atoms with Crippen molar-refractivity contribution in [1.29, 1.82) is 0 Å². The fourth-order valence-electron chi connectivity index (χ4n) is 2.50. The first-order valence-corrected chi connectivity index (χ1v) is 6.57. The van der Waals surface area contributed by atoms with Crippen LogP contribution in [0.1, 0.15) is 24.9 Å². The highest BCUT2D eigenvalue weighted by molar-refractivity contribution is 5.56. The Bertz CT molecular complexity index is 406. The topological polar surface area (TPSA) is 32.5 Å². The minimum atomic E-state index is -0.158. The maximum absolute atomic E-state index is 14.1. The smallest absolute Gasteiger partial charge is 0.146 e. The van der Waals surface area contributed by atoms with Gasteiger partial charge in [-0.2, -0.15) is 0 Å². The van der Waals surface area contributed by atoms with Gasteiger partial charge >= 0.3 is 0 Å². The first kappa shape index (κ1) is 13.3. The number of hydrogen-bond acceptors (Lipinski definition) is 3. The van der Waals surface area contributed by atoms with Crippen LogP contribution in [0.3, 0.4) is 0 Å². The van der Waals surface area contributed by atoms with Crippen molar-refractivity contribution in [1.82, 2.24) is 4.90 Å². The van der Waals surface area contributed by atoms with Crippen LogP contribution < -0.4 is 10.6 Å². The molecule has 0 aromatic heterocycles. The van der Waals surface area contributed by atoms with Gasteiger partial charge in [-0.3, -0.25) is 0 Å². The highest BCUT2D eigenvalue weighted by atomic mass is 19.1. The van der Waals surface area contributed by atoms with E-state index < -0.39 is 0 Å². The second kappa shape index (κ2) is 5.67. The Kier molecular flexibility index (Phi) is 4.19. The van der Waals surface area contributed by atoms with Crippen LogP contribution in [-0.4, -0.2) is 38.1 Å². The Hall–Kier alpha value is -1.13. The fraction of sp³-hybridized carbons (Fsp3) is 0.571. The summed E-state index contributed by atoms with van der Waals surface area (Å²) in [4.78, 5) is 4.42. The molecule has 1 aliphatic rings. The predicted octanol–water partition coefficient (Wildman–Crippen LogP) is 1.99. The molecule has 0 spiro atoms. The van der Waals surface area contributed by atoms with Crippen LogP contribution in [-0.2, 0) is 0 Å². The molecule has 1 aromatic carbocycles. The summed E-state index contributed by atoms with van der Waals surface area (Å²) >= 11 is 0. The summed E-state index contributed by atoms with van der Waals surface area (Å²) < 4.78 is 14.1. The average molecular weight is 251 g/mol. The Morgan fingerprint density at radius 2 is 2.00 bits per heavy atom. The summed E-state index contributed by atoms with van der Waals surface area (Å²) in [6.07, 6.45) is 1.06. The van der Waals surface area contributed by atoms with E-state index in [1.807, 2.05) is 13.0 Å². The molecular formula is C14H22FN3. The number of likely N-dealkylation sites (N-methyl/N-ethyl adjacent to an activating group) is 1. The van der Waals surface area contributed by atoms with Gasteiger partial charge in [-0.1, -0.05) is 12.1 Å². The lowest BCUT2D eigenvalue weighted by Gasteiger charge is -2.27. The summed E-state index contributed by atoms with van der Waals surface area (Å²) in [5, 5.41) is 0. The molecule has 2 rings (SSSR count). The third-order valence-electron chi connectivity index (χ3n) is 3.54. The minimum absolute atomic E-state index is 0.142. The number of halogens is 1. The van der Waals surface area contributed by atoms with Crippen molar-refractivity contribution in [2.75, 3.05) is 38.1 Å². The van der Waals surface area contributed by atoms with Gasteiger partial charge in [-0.25, -0.2) is 4.39 Å². The van der Waals surface area contributed by atoms with Gasteiger partial charge in [0, 0.05) is 25.7 Å². The molecule has 1 aliphatic heterocycles. The molecule has 18 heavy (non-hydrogen) atoms. The zero-order valence-electron chi connectivity index (χ0n) is 11.2. The zero-order chi connectivity index (χ0) is 13.1. The third-order valence-corrected chi connectivity index (χ3v) is 3.54. The van der Waals surface area contributed by atoms with Crippen molar-refractivity contribution in [2.24, 2.45) is 5.73 Å². The molecule has 100 valence electrons. The molecule has 0 amide bonds. The molecule has 1 saturated heterocycles. The van der Waals surface area contributed by atoms with E-state index >= 15 is 0 Å². The lowest BCUT2D eigenvalue weighted by Crippen LogP contribution is -2.31. The van der Waals surface area contributed by atoms with E-state index in [1.54, 1.807) is 6.07 Å². The molecular weight excluding hydrogens is 229 g/mol. The van der Waals surface area contributed by atoms with Gasteiger partial charge in [0.1, 0.15) is 5.82 Å². The number of para-hydroxylation sites is 1. The summed E-state index contributed by atoms with van der Waals surface area (Å²) in [7, 11) is 2.11. The van der Waals surface area contributed by atoms with Gasteiger partial charge in [0.05, 0.1) is 5.69 Å². The molecule has 2 N–H and O–H groups in total. The number of anilines is 1. The summed E-state index contributed by atoms with van der Waals surface area (Å²) in [5.74, 6) is -0.158. The van der Waals surface area contributed by atoms with Gasteiger partial charge in [-0.05, 0) is 38.6 Å². The van der Waals surface area contributed by atoms with E-state index in [1.165, 1.54) is 6.07 Å². The first-order chi connectivity index (χ1) is 8.59. The second-order valence-electron chi connectivity index (χ2n) is 5.11. The van der Waals surface area contributed by atoms with Gasteiger partial charge < -0.3 is 15.5 Å². The van der Waals surface area contributed by atoms with E-state index in [4.69, 9.17) is 5.73 Å². The van der Waals surface area contributed by atoms with Crippen molar-refractivity contribution >= 4 is 5.69 Å². The van der Waals surface area contributed by atoms with E-state index in [0.717, 1.165) is 38.2 Å². The van der Waals surface area contributed by atoms with Crippen molar-refractivity contribution in [3.8, 4) is 0 Å². The van der Waals surface area contributed by atoms with Crippen LogP contribution >= 0.6 is 0 Å². The van der Waals surface area contributed by atoms with Crippen molar-refractivity contribution in [2.45, 2.75) is 19.4 Å². The van der Waals surface area contributed by atoms with Crippen LogP contribution in [0.5, 0.6) is 0 Å². The molecule has 0 saturated carbocycles. The number of hydrogen-bond donors (Lipinski definition) is 1. The lowest BCUT2D eigenvalue weighted by molar-refractivity contribution is 0.360. The predicted molar refractivity (Wildman–Crippen MR) is 73.3 cm³/mol. The highest BCUT2D eigenvalue weighted by Gasteiger charge is 2.20. The quantitative estimate of drug-likeness (QED) is 0.872. The van der Waals surface area contributed by atoms with Crippen LogP contribution in [0.4, 0.5) is 10.1 Å². The molecule has 0 radical (unpaired) electrons. The largest absolute Gasteiger partial charge is 0.368 e. The fourth-order valence-corrected chi connectivity index (χ4v) is 2.50. The normalized spacial score (nSPS) is 19.7. The maximum Gasteiger partial charge on any atom is 0.146 e. The summed E-state index contributed by atoms with van der Waals surface area (Å²) in [6, 6.07) is 5.05. The number of nitrogens with two attached hydrogens (primary N) is 1. The Morgan fingerprint density at radius 3 is 2.72 bits per heavy atom. The maximum atomic E-state index is 14.1. The van der Waals surface area contributed by atoms with Crippen molar-refractivity contribution in [3.63, 3.8) is 0 Å². The SMILES string of the molecule is C[C@H](N)c1cccc(F)c1N1CCCN(C)CC1. The monoisotopic (exact) mass is 251 g/mol. The van der Waals surface area contributed by atoms with Crippen molar-refractivity contribution < 1.29 is 4.39 Å². The Labute approximate surface area is 108 Å². The van der Waals surface area contributed by atoms with Gasteiger partial charge in [-0.15, -0.1) is 0 Å². The van der Waals surface area contributed by atoms with Gasteiger partial charge in [0.2, 0.25) is 0 Å². The standard InChI is InChI=1S/C14H22FN3/c1-11(16)12-5-3-6-13(15)14(12)18-8-4-7-17(2)9-10-18/h3,5-6,11H,4,7-10,16H2,1-2H3/t11-/m0/s1. The summed E-state index contributed by atoms with van der Waals surface area (Å²) in [6.45, 7) is 5.69. The zero-order valence-corrected chi connectivity index (χ0v) is 11.2. The average Bonchev–Trinajstić information content (AvgIpc) is 2.53. The number of nitrogens with zero attached hydrogens (tertiary/aromatic N) is 2. The highest BCUT2D eigenvalue weighted by Crippen LogP contribution is 2.29. The molecule has 1 atom stereocenters. The van der Waals surface area contributed by atoms with Crippen LogP contribution in [0.2, 0.25) is 0 Å². The molecule has 0 aliphatic carbocycles. The minimum Gasteiger partial charge on any atom is -0.368 e. The van der Waals surface area contributed by atoms with E-state index in [-0.39, 0.29) is 11.9 Å². The van der Waals surface area contributed by atoms with Crippen LogP contribution in [0, 0.1) is 5.82 Å². The van der Waals surface area contributed by atoms with E-state index in [9.17, 15) is 4.39 Å². The number of rotatable bonds is 2. The van der Waals surface area contributed by atoms with Gasteiger partial charge in [0.15, 0.2) is 0 Å². The molecule has 4 heteroatoms. The summed E-state index contributed by atoms with van der Waals surface area (Å²) in [5.41, 5.74) is 7.55. The Balaban J connectivity index is 2.31. The van der Waals surface area contributed by atoms with Crippen LogP contribution in [0.25, 0.3) is 0 Å². The molecule has 1 heterocycles. The molecule has 1 fully saturated rings. The van der Waals surface area contributed by atoms with Crippen LogP contribution in [0.15, 0.2) is 18.2 Å².